The third-order valence-corrected chi connectivity index (χ3v) is 16.4. The van der Waals surface area contributed by atoms with Crippen molar-refractivity contribution in [3.8, 4) is 0 Å². The zero-order valence-corrected chi connectivity index (χ0v) is 41.4. The fraction of sp³-hybridized carbons (Fsp3) is 0.718. The van der Waals surface area contributed by atoms with Crippen LogP contribution in [0.25, 0.3) is 6.08 Å². The molecule has 1 rings (SSSR count). The first-order chi connectivity index (χ1) is 27.2. The number of nitrogens with zero attached hydrogens (tertiary/aromatic N) is 1. The van der Waals surface area contributed by atoms with Crippen LogP contribution in [0.2, 0.25) is 18.1 Å². The van der Waals surface area contributed by atoms with Gasteiger partial charge in [0.05, 0.1) is 30.2 Å². The molecule has 1 aromatic rings. The minimum Gasteiger partial charge on any atom is -0.481 e. The molecule has 0 amide bonds. The number of carbonyl (C=O) groups excluding carboxylic acids is 3. The minimum atomic E-state index is -2.33. The highest BCUT2D eigenvalue weighted by atomic mass is 35.6. The summed E-state index contributed by atoms with van der Waals surface area (Å²) in [7, 11) is -2.33. The van der Waals surface area contributed by atoms with Gasteiger partial charge in [0.15, 0.2) is 8.32 Å². The number of halogens is 6. The van der Waals surface area contributed by atoms with E-state index in [1.165, 1.54) is 11.3 Å². The lowest BCUT2D eigenvalue weighted by molar-refractivity contribution is -0.147. The van der Waals surface area contributed by atoms with Crippen LogP contribution >= 0.6 is 80.9 Å². The predicted octanol–water partition coefficient (Wildman–Crippen LogP) is 12.1. The number of aromatic nitrogens is 1. The number of thiazole rings is 1. The van der Waals surface area contributed by atoms with E-state index in [0.717, 1.165) is 23.7 Å². The summed E-state index contributed by atoms with van der Waals surface area (Å²) in [4.78, 5) is 55.4. The van der Waals surface area contributed by atoms with Crippen LogP contribution < -0.4 is 0 Å². The van der Waals surface area contributed by atoms with Crippen LogP contribution in [0.15, 0.2) is 22.6 Å². The van der Waals surface area contributed by atoms with Gasteiger partial charge in [-0.25, -0.2) is 14.6 Å². The Morgan fingerprint density at radius 2 is 1.47 bits per heavy atom. The van der Waals surface area contributed by atoms with Gasteiger partial charge >= 0.3 is 18.3 Å². The van der Waals surface area contributed by atoms with Crippen molar-refractivity contribution in [2.45, 2.75) is 145 Å². The van der Waals surface area contributed by atoms with Crippen molar-refractivity contribution in [1.29, 1.82) is 0 Å². The summed E-state index contributed by atoms with van der Waals surface area (Å²) >= 11 is 35.3. The SMILES string of the molecule is CC[Si](CC)(CC)O[C@@H](CC(=O)O)C(C)(C)C(=O)[C@H](C)[C@@H](OC(=O)OCC(Cl)(Cl)Cl)[C@@H](C)CCCC(C)=CCC(O)C(C)=Cc1csc(COC(=O)OCC(Cl)(Cl)Cl)n1. The molecule has 0 fully saturated rings. The topological polar surface area (TPSA) is 168 Å². The zero-order chi connectivity index (χ0) is 45.4. The molecule has 338 valence electrons. The van der Waals surface area contributed by atoms with Crippen LogP contribution in [-0.2, 0) is 39.6 Å². The van der Waals surface area contributed by atoms with Crippen molar-refractivity contribution >= 4 is 119 Å². The van der Waals surface area contributed by atoms with Gasteiger partial charge in [-0.3, -0.25) is 9.59 Å². The van der Waals surface area contributed by atoms with Crippen molar-refractivity contribution in [3.63, 3.8) is 0 Å². The smallest absolute Gasteiger partial charge is 0.481 e. The molecule has 0 aliphatic rings. The minimum absolute atomic E-state index is 0.137. The summed E-state index contributed by atoms with van der Waals surface area (Å²) in [6.45, 7) is 15.6. The molecule has 20 heteroatoms. The highest BCUT2D eigenvalue weighted by molar-refractivity contribution is 7.09. The fourth-order valence-corrected chi connectivity index (χ4v) is 10.3. The Morgan fingerprint density at radius 1 is 0.915 bits per heavy atom. The second-order valence-electron chi connectivity index (χ2n) is 15.2. The third-order valence-electron chi connectivity index (χ3n) is 10.2. The normalized spacial score (nSPS) is 15.8. The summed E-state index contributed by atoms with van der Waals surface area (Å²) in [5.74, 6) is -2.61. The molecule has 0 bridgehead atoms. The summed E-state index contributed by atoms with van der Waals surface area (Å²) in [5, 5.41) is 23.0. The molecule has 2 N–H and O–H groups in total. The van der Waals surface area contributed by atoms with Crippen molar-refractivity contribution in [2.24, 2.45) is 17.3 Å². The number of carboxylic acids is 1. The Balaban J connectivity index is 3.04. The van der Waals surface area contributed by atoms with Gasteiger partial charge in [0, 0.05) is 10.8 Å². The maximum Gasteiger partial charge on any atom is 0.508 e. The molecule has 0 saturated carbocycles. The number of Topliss-reactive ketones (excluding diaryl/α,β-unsaturated/α-hetero) is 1. The largest absolute Gasteiger partial charge is 0.508 e. The highest BCUT2D eigenvalue weighted by Gasteiger charge is 2.47. The maximum absolute atomic E-state index is 14.4. The summed E-state index contributed by atoms with van der Waals surface area (Å²) < 4.78 is 23.6. The second-order valence-corrected chi connectivity index (χ2v) is 25.9. The number of rotatable bonds is 25. The Labute approximate surface area is 383 Å². The van der Waals surface area contributed by atoms with E-state index in [1.807, 2.05) is 40.7 Å². The number of ether oxygens (including phenoxy) is 4. The number of aliphatic carboxylic acids is 1. The van der Waals surface area contributed by atoms with Crippen LogP contribution in [0, 0.1) is 17.3 Å². The first-order valence-corrected chi connectivity index (χ1v) is 25.0. The van der Waals surface area contributed by atoms with Gasteiger partial charge in [-0.15, -0.1) is 11.3 Å². The number of allylic oxidation sites excluding steroid dienone is 1. The Hall–Kier alpha value is -1.33. The average molecular weight is 991 g/mol. The van der Waals surface area contributed by atoms with E-state index in [4.69, 9.17) is 93.0 Å². The number of carboxylic acid groups (broad SMARTS) is 1. The van der Waals surface area contributed by atoms with Crippen molar-refractivity contribution in [2.75, 3.05) is 13.2 Å². The van der Waals surface area contributed by atoms with Crippen LogP contribution in [-0.4, -0.2) is 86.7 Å². The molecular formula is C39H59Cl6NO11SSi. The Bertz CT molecular complexity index is 1570. The number of ketones is 1. The van der Waals surface area contributed by atoms with Crippen LogP contribution in [0.4, 0.5) is 9.59 Å². The number of hydrogen-bond acceptors (Lipinski definition) is 12. The standard InChI is InChI=1S/C39H59Cl6NO11SSi/c1-10-59(11-2,12-3)57-30(19-32(48)49)37(8,9)34(50)27(7)33(56-36(52)55-23-39(43,44)45)25(5)15-13-14-24(4)16-17-29(47)26(6)18-28-21-58-31(46-28)20-53-35(51)54-22-38(40,41)42/h16,18,21,25,27,29-30,33,47H,10-15,17,19-20,22-23H2,1-9H3,(H,48,49)/t25-,27+,29?,30-,33-/m0/s1. The van der Waals surface area contributed by atoms with Gasteiger partial charge in [0.1, 0.15) is 36.7 Å². The molecule has 1 unspecified atom stereocenters. The van der Waals surface area contributed by atoms with Crippen molar-refractivity contribution in [3.05, 3.63) is 33.3 Å². The quantitative estimate of drug-likeness (QED) is 0.0412. The molecule has 0 aliphatic carbocycles. The van der Waals surface area contributed by atoms with E-state index in [1.54, 1.807) is 39.2 Å². The van der Waals surface area contributed by atoms with Gasteiger partial charge in [0.25, 0.3) is 0 Å². The molecule has 1 aromatic heterocycles. The Kier molecular flexibility index (Phi) is 24.3. The van der Waals surface area contributed by atoms with Gasteiger partial charge in [-0.2, -0.15) is 0 Å². The summed E-state index contributed by atoms with van der Waals surface area (Å²) in [5.41, 5.74) is 1.04. The molecule has 1 heterocycles. The van der Waals surface area contributed by atoms with E-state index in [0.29, 0.717) is 42.0 Å². The van der Waals surface area contributed by atoms with E-state index >= 15 is 0 Å². The van der Waals surface area contributed by atoms with E-state index < -0.39 is 77.0 Å². The molecular weight excluding hydrogens is 931 g/mol. The van der Waals surface area contributed by atoms with E-state index in [2.05, 4.69) is 4.98 Å². The first kappa shape index (κ1) is 55.7. The lowest BCUT2D eigenvalue weighted by atomic mass is 9.73. The third kappa shape index (κ3) is 21.1. The second kappa shape index (κ2) is 25.7. The highest BCUT2D eigenvalue weighted by Crippen LogP contribution is 2.38. The number of aliphatic hydroxyl groups is 1. The number of carbonyl (C=O) groups is 4. The lowest BCUT2D eigenvalue weighted by Gasteiger charge is -2.42. The van der Waals surface area contributed by atoms with Crippen LogP contribution in [0.1, 0.15) is 105 Å². The Morgan fingerprint density at radius 3 is 2.00 bits per heavy atom. The van der Waals surface area contributed by atoms with E-state index in [-0.39, 0.29) is 24.7 Å². The summed E-state index contributed by atoms with van der Waals surface area (Å²) in [6, 6.07) is 2.31. The van der Waals surface area contributed by atoms with Crippen LogP contribution in [0.3, 0.4) is 0 Å². The molecule has 5 atom stereocenters. The van der Waals surface area contributed by atoms with Crippen molar-refractivity contribution in [1.82, 2.24) is 4.98 Å². The van der Waals surface area contributed by atoms with Gasteiger partial charge in [0.2, 0.25) is 7.59 Å². The molecule has 0 aromatic carbocycles. The molecule has 0 aliphatic heterocycles. The van der Waals surface area contributed by atoms with E-state index in [9.17, 15) is 29.4 Å². The van der Waals surface area contributed by atoms with Gasteiger partial charge in [-0.05, 0) is 75.2 Å². The molecule has 0 saturated heterocycles. The van der Waals surface area contributed by atoms with Crippen molar-refractivity contribution < 1.29 is 52.8 Å². The molecule has 0 radical (unpaired) electrons. The summed E-state index contributed by atoms with van der Waals surface area (Å²) in [6.07, 6.45) is 0.786. The van der Waals surface area contributed by atoms with Crippen LogP contribution in [0.5, 0.6) is 0 Å². The molecule has 12 nitrogen and oxygen atoms in total. The first-order valence-electron chi connectivity index (χ1n) is 19.4. The predicted molar refractivity (Wildman–Crippen MR) is 238 cm³/mol. The monoisotopic (exact) mass is 987 g/mol. The molecule has 0 spiro atoms. The maximum atomic E-state index is 14.4. The molecule has 59 heavy (non-hydrogen) atoms. The number of hydrogen-bond donors (Lipinski definition) is 2. The number of alkyl halides is 6. The number of aliphatic hydroxyl groups excluding tert-OH is 1. The zero-order valence-electron chi connectivity index (χ0n) is 35.1. The average Bonchev–Trinajstić information content (AvgIpc) is 3.60. The van der Waals surface area contributed by atoms with Gasteiger partial charge < -0.3 is 33.6 Å². The lowest BCUT2D eigenvalue weighted by Crippen LogP contribution is -2.51. The fourth-order valence-electron chi connectivity index (χ4n) is 6.35. The van der Waals surface area contributed by atoms with Gasteiger partial charge in [-0.1, -0.05) is 130 Å².